The van der Waals surface area contributed by atoms with Gasteiger partial charge in [-0.1, -0.05) is 68.3 Å². The molecule has 9 nitrogen and oxygen atoms in total. The summed E-state index contributed by atoms with van der Waals surface area (Å²) in [7, 11) is 3.02. The van der Waals surface area contributed by atoms with E-state index < -0.39 is 18.1 Å². The first-order valence-corrected chi connectivity index (χ1v) is 13.7. The van der Waals surface area contributed by atoms with Crippen LogP contribution in [-0.2, 0) is 25.7 Å². The second kappa shape index (κ2) is 14.2. The maximum atomic E-state index is 13.0. The van der Waals surface area contributed by atoms with E-state index in [0.29, 0.717) is 23.5 Å². The summed E-state index contributed by atoms with van der Waals surface area (Å²) in [5.41, 5.74) is 5.12. The third-order valence-electron chi connectivity index (χ3n) is 7.04. The van der Waals surface area contributed by atoms with Crippen molar-refractivity contribution in [3.05, 3.63) is 83.4 Å². The maximum Gasteiger partial charge on any atom is 0.407 e. The third kappa shape index (κ3) is 7.36. The second-order valence-electron chi connectivity index (χ2n) is 9.71. The molecule has 41 heavy (non-hydrogen) atoms. The lowest BCUT2D eigenvalue weighted by Gasteiger charge is -2.19. The minimum Gasteiger partial charge on any atom is -0.496 e. The molecule has 0 unspecified atom stereocenters. The molecule has 0 fully saturated rings. The number of hydrogen-bond donors (Lipinski definition) is 2. The van der Waals surface area contributed by atoms with Crippen molar-refractivity contribution in [2.24, 2.45) is 0 Å². The van der Waals surface area contributed by atoms with Crippen molar-refractivity contribution < 1.29 is 33.3 Å². The molecule has 3 aromatic carbocycles. The number of esters is 1. The van der Waals surface area contributed by atoms with Gasteiger partial charge in [0.05, 0.1) is 7.11 Å². The molecule has 1 aliphatic carbocycles. The summed E-state index contributed by atoms with van der Waals surface area (Å²) in [6.07, 6.45) is 1.33. The highest BCUT2D eigenvalue weighted by molar-refractivity contribution is 5.82. The Morgan fingerprint density at radius 3 is 2.24 bits per heavy atom. The molecule has 0 saturated carbocycles. The van der Waals surface area contributed by atoms with Gasteiger partial charge in [0, 0.05) is 24.6 Å². The number of nitrogens with one attached hydrogen (secondary N) is 2. The Balaban J connectivity index is 1.35. The van der Waals surface area contributed by atoms with Gasteiger partial charge in [0.25, 0.3) is 5.91 Å². The van der Waals surface area contributed by atoms with Crippen LogP contribution in [0, 0.1) is 0 Å². The van der Waals surface area contributed by atoms with Crippen molar-refractivity contribution in [2.45, 2.75) is 44.8 Å². The van der Waals surface area contributed by atoms with Crippen LogP contribution in [0.2, 0.25) is 0 Å². The van der Waals surface area contributed by atoms with Crippen molar-refractivity contribution in [1.82, 2.24) is 10.6 Å². The maximum absolute atomic E-state index is 13.0. The number of hydrogen-bond acceptors (Lipinski definition) is 7. The van der Waals surface area contributed by atoms with Gasteiger partial charge >= 0.3 is 12.1 Å². The first-order chi connectivity index (χ1) is 19.9. The summed E-state index contributed by atoms with van der Waals surface area (Å²) >= 11 is 0. The lowest BCUT2D eigenvalue weighted by atomic mass is 9.98. The fraction of sp³-hybridized carbons (Fsp3) is 0.344. The van der Waals surface area contributed by atoms with Gasteiger partial charge in [-0.15, -0.1) is 0 Å². The molecule has 4 rings (SSSR count). The molecule has 1 atom stereocenters. The normalized spacial score (nSPS) is 12.5. The Kier molecular flexibility index (Phi) is 10.2. The number of benzene rings is 3. The number of fused-ring (bicyclic) bond motifs is 3. The first kappa shape index (κ1) is 29.5. The molecule has 0 aliphatic heterocycles. The standard InChI is InChI=1S/C32H36N2O7/c1-4-5-14-28(31(36)40-18-21-15-16-22(17-29(21)38-3)39-20-30(35)33-2)34-32(37)41-19-27-25-12-8-6-10-23(25)24-11-7-9-13-26(24)27/h6-13,15-17,27-28H,4-5,14,18-20H2,1-3H3,(H,33,35)(H,34,37)/t28-/m1/s1. The van der Waals surface area contributed by atoms with Crippen LogP contribution in [0.3, 0.4) is 0 Å². The second-order valence-corrected chi connectivity index (χ2v) is 9.71. The number of unbranched alkanes of at least 4 members (excludes halogenated alkanes) is 1. The van der Waals surface area contributed by atoms with Gasteiger partial charge in [0.1, 0.15) is 30.8 Å². The molecule has 0 spiro atoms. The molecule has 0 bridgehead atoms. The number of ether oxygens (including phenoxy) is 4. The summed E-state index contributed by atoms with van der Waals surface area (Å²) in [5.74, 6) is -0.0111. The fourth-order valence-corrected chi connectivity index (χ4v) is 4.84. The van der Waals surface area contributed by atoms with E-state index in [-0.39, 0.29) is 31.6 Å². The molecule has 2 N–H and O–H groups in total. The van der Waals surface area contributed by atoms with Gasteiger partial charge in [-0.3, -0.25) is 4.79 Å². The Morgan fingerprint density at radius 1 is 0.927 bits per heavy atom. The van der Waals surface area contributed by atoms with Crippen molar-refractivity contribution >= 4 is 18.0 Å². The number of methoxy groups -OCH3 is 1. The van der Waals surface area contributed by atoms with E-state index >= 15 is 0 Å². The van der Waals surface area contributed by atoms with Crippen molar-refractivity contribution in [3.63, 3.8) is 0 Å². The number of carbonyl (C=O) groups excluding carboxylic acids is 3. The summed E-state index contributed by atoms with van der Waals surface area (Å²) in [6.45, 7) is 1.97. The number of likely N-dealkylation sites (N-methyl/N-ethyl adjacent to an activating group) is 1. The molecule has 2 amide bonds. The van der Waals surface area contributed by atoms with Crippen LogP contribution in [0.25, 0.3) is 11.1 Å². The summed E-state index contributed by atoms with van der Waals surface area (Å²) in [5, 5.41) is 5.19. The van der Waals surface area contributed by atoms with Gasteiger partial charge in [-0.2, -0.15) is 0 Å². The Hall–Kier alpha value is -4.53. The van der Waals surface area contributed by atoms with Crippen LogP contribution < -0.4 is 20.1 Å². The highest BCUT2D eigenvalue weighted by Crippen LogP contribution is 2.44. The van der Waals surface area contributed by atoms with Crippen LogP contribution in [0.5, 0.6) is 11.5 Å². The monoisotopic (exact) mass is 560 g/mol. The van der Waals surface area contributed by atoms with E-state index in [1.165, 1.54) is 14.2 Å². The Morgan fingerprint density at radius 2 is 1.61 bits per heavy atom. The molecule has 3 aromatic rings. The average Bonchev–Trinajstić information content (AvgIpc) is 3.33. The molecular formula is C32H36N2O7. The van der Waals surface area contributed by atoms with Crippen LogP contribution >= 0.6 is 0 Å². The highest BCUT2D eigenvalue weighted by atomic mass is 16.6. The zero-order valence-corrected chi connectivity index (χ0v) is 23.6. The molecule has 0 saturated heterocycles. The summed E-state index contributed by atoms with van der Waals surface area (Å²) in [6, 6.07) is 20.3. The quantitative estimate of drug-likeness (QED) is 0.284. The van der Waals surface area contributed by atoms with Crippen LogP contribution in [-0.4, -0.2) is 51.4 Å². The summed E-state index contributed by atoms with van der Waals surface area (Å²) < 4.78 is 22.1. The Bertz CT molecular complexity index is 1330. The average molecular weight is 561 g/mol. The smallest absolute Gasteiger partial charge is 0.407 e. The van der Waals surface area contributed by atoms with E-state index in [9.17, 15) is 14.4 Å². The van der Waals surface area contributed by atoms with Crippen molar-refractivity contribution in [2.75, 3.05) is 27.4 Å². The van der Waals surface area contributed by atoms with Gasteiger partial charge < -0.3 is 29.6 Å². The molecule has 1 aliphatic rings. The lowest BCUT2D eigenvalue weighted by molar-refractivity contribution is -0.147. The molecule has 9 heteroatoms. The minimum absolute atomic E-state index is 0.0628. The molecule has 0 radical (unpaired) electrons. The lowest BCUT2D eigenvalue weighted by Crippen LogP contribution is -2.42. The fourth-order valence-electron chi connectivity index (χ4n) is 4.84. The predicted molar refractivity (Wildman–Crippen MR) is 154 cm³/mol. The van der Waals surface area contributed by atoms with Crippen LogP contribution in [0.1, 0.15) is 48.8 Å². The third-order valence-corrected chi connectivity index (χ3v) is 7.04. The zero-order chi connectivity index (χ0) is 29.2. The number of alkyl carbamates (subject to hydrolysis) is 1. The van der Waals surface area contributed by atoms with Gasteiger partial charge in [-0.25, -0.2) is 9.59 Å². The minimum atomic E-state index is -0.855. The Labute approximate surface area is 240 Å². The van der Waals surface area contributed by atoms with E-state index in [2.05, 4.69) is 34.9 Å². The first-order valence-electron chi connectivity index (χ1n) is 13.7. The van der Waals surface area contributed by atoms with E-state index in [0.717, 1.165) is 35.1 Å². The zero-order valence-electron chi connectivity index (χ0n) is 23.6. The van der Waals surface area contributed by atoms with E-state index in [1.807, 2.05) is 31.2 Å². The highest BCUT2D eigenvalue weighted by Gasteiger charge is 2.30. The van der Waals surface area contributed by atoms with Gasteiger partial charge in [-0.05, 0) is 40.8 Å². The van der Waals surface area contributed by atoms with E-state index in [1.54, 1.807) is 18.2 Å². The predicted octanol–water partition coefficient (Wildman–Crippen LogP) is 4.96. The largest absolute Gasteiger partial charge is 0.496 e. The van der Waals surface area contributed by atoms with Crippen LogP contribution in [0.4, 0.5) is 4.79 Å². The van der Waals surface area contributed by atoms with Gasteiger partial charge in [0.15, 0.2) is 6.61 Å². The number of rotatable bonds is 13. The number of amides is 2. The van der Waals surface area contributed by atoms with Crippen molar-refractivity contribution in [1.29, 1.82) is 0 Å². The topological polar surface area (TPSA) is 112 Å². The number of carbonyl (C=O) groups is 3. The SMILES string of the molecule is CCCC[C@@H](NC(=O)OCC1c2ccccc2-c2ccccc21)C(=O)OCc1ccc(OCC(=O)NC)cc1OC. The van der Waals surface area contributed by atoms with Crippen molar-refractivity contribution in [3.8, 4) is 22.6 Å². The molecular weight excluding hydrogens is 524 g/mol. The molecule has 0 aromatic heterocycles. The van der Waals surface area contributed by atoms with E-state index in [4.69, 9.17) is 18.9 Å². The van der Waals surface area contributed by atoms with Crippen LogP contribution in [0.15, 0.2) is 66.7 Å². The summed E-state index contributed by atoms with van der Waals surface area (Å²) in [4.78, 5) is 37.3. The molecule has 0 heterocycles. The van der Waals surface area contributed by atoms with Gasteiger partial charge in [0.2, 0.25) is 0 Å². The molecule has 216 valence electrons.